The molecule has 2 rings (SSSR count). The Morgan fingerprint density at radius 2 is 1.24 bits per heavy atom. The lowest BCUT2D eigenvalue weighted by Crippen LogP contribution is -2.40. The Morgan fingerprint density at radius 1 is 0.810 bits per heavy atom. The molecule has 0 radical (unpaired) electrons. The highest BCUT2D eigenvalue weighted by Gasteiger charge is 2.30. The Morgan fingerprint density at radius 3 is 1.62 bits per heavy atom. The van der Waals surface area contributed by atoms with Gasteiger partial charge in [0.2, 0.25) is 0 Å². The number of hydrogen-bond acceptors (Lipinski definition) is 1. The van der Waals surface area contributed by atoms with Crippen LogP contribution >= 0.6 is 0 Å². The Kier molecular flexibility index (Phi) is 4.81. The maximum absolute atomic E-state index is 6.36. The van der Waals surface area contributed by atoms with E-state index in [0.29, 0.717) is 0 Å². The largest absolute Gasteiger partial charge is 0.360 e. The van der Waals surface area contributed by atoms with E-state index < -0.39 is 5.60 Å². The molecule has 0 aliphatic carbocycles. The molecule has 112 valence electrons. The Bertz CT molecular complexity index is 503. The SMILES string of the molecule is CC(OCC[N+](C)(C)C)(c1ccccc1)c1ccccc1. The molecule has 0 atom stereocenters. The van der Waals surface area contributed by atoms with E-state index in [1.165, 1.54) is 11.1 Å². The normalized spacial score (nSPS) is 12.4. The first-order valence-corrected chi connectivity index (χ1v) is 7.47. The van der Waals surface area contributed by atoms with Crippen molar-refractivity contribution in [2.24, 2.45) is 0 Å². The molecular weight excluding hydrogens is 258 g/mol. The molecular formula is C19H26NO+. The third kappa shape index (κ3) is 4.16. The third-order valence-corrected chi connectivity index (χ3v) is 3.80. The van der Waals surface area contributed by atoms with E-state index in [1.807, 2.05) is 12.1 Å². The average Bonchev–Trinajstić information content (AvgIpc) is 2.47. The zero-order chi connectivity index (χ0) is 15.3. The van der Waals surface area contributed by atoms with E-state index in [0.717, 1.165) is 17.6 Å². The van der Waals surface area contributed by atoms with Gasteiger partial charge in [0.1, 0.15) is 12.1 Å². The van der Waals surface area contributed by atoms with Gasteiger partial charge < -0.3 is 9.22 Å². The summed E-state index contributed by atoms with van der Waals surface area (Å²) in [7, 11) is 6.56. The molecule has 0 aliphatic rings. The highest BCUT2D eigenvalue weighted by molar-refractivity contribution is 5.35. The molecule has 2 aromatic rings. The zero-order valence-electron chi connectivity index (χ0n) is 13.5. The van der Waals surface area contributed by atoms with Gasteiger partial charge in [-0.05, 0) is 18.1 Å². The first-order chi connectivity index (χ1) is 9.92. The lowest BCUT2D eigenvalue weighted by molar-refractivity contribution is -0.871. The summed E-state index contributed by atoms with van der Waals surface area (Å²) >= 11 is 0. The van der Waals surface area contributed by atoms with Crippen molar-refractivity contribution in [2.45, 2.75) is 12.5 Å². The third-order valence-electron chi connectivity index (χ3n) is 3.80. The van der Waals surface area contributed by atoms with Gasteiger partial charge in [0.15, 0.2) is 0 Å². The van der Waals surface area contributed by atoms with Gasteiger partial charge in [-0.2, -0.15) is 0 Å². The van der Waals surface area contributed by atoms with Crippen molar-refractivity contribution in [3.8, 4) is 0 Å². The molecule has 0 heterocycles. The minimum Gasteiger partial charge on any atom is -0.360 e. The fraction of sp³-hybridized carbons (Fsp3) is 0.368. The van der Waals surface area contributed by atoms with Gasteiger partial charge in [-0.3, -0.25) is 0 Å². The van der Waals surface area contributed by atoms with Crippen LogP contribution in [0.25, 0.3) is 0 Å². The average molecular weight is 284 g/mol. The fourth-order valence-electron chi connectivity index (χ4n) is 2.37. The van der Waals surface area contributed by atoms with E-state index in [2.05, 4.69) is 76.6 Å². The van der Waals surface area contributed by atoms with E-state index in [4.69, 9.17) is 4.74 Å². The van der Waals surface area contributed by atoms with Gasteiger partial charge in [0.05, 0.1) is 27.7 Å². The number of hydrogen-bond donors (Lipinski definition) is 0. The zero-order valence-corrected chi connectivity index (χ0v) is 13.5. The molecule has 0 saturated heterocycles. The predicted molar refractivity (Wildman–Crippen MR) is 88.2 cm³/mol. The van der Waals surface area contributed by atoms with Crippen LogP contribution < -0.4 is 0 Å². The summed E-state index contributed by atoms with van der Waals surface area (Å²) in [5.41, 5.74) is 1.98. The molecule has 0 N–H and O–H groups in total. The van der Waals surface area contributed by atoms with Crippen molar-refractivity contribution in [1.29, 1.82) is 0 Å². The summed E-state index contributed by atoms with van der Waals surface area (Å²) in [4.78, 5) is 0. The Balaban J connectivity index is 2.27. The number of nitrogens with zero attached hydrogens (tertiary/aromatic N) is 1. The van der Waals surface area contributed by atoms with Gasteiger partial charge in [-0.15, -0.1) is 0 Å². The Labute approximate surface area is 128 Å². The predicted octanol–water partition coefficient (Wildman–Crippen LogP) is 3.67. The van der Waals surface area contributed by atoms with Crippen LogP contribution in [0, 0.1) is 0 Å². The van der Waals surface area contributed by atoms with E-state index >= 15 is 0 Å². The van der Waals surface area contributed by atoms with Gasteiger partial charge in [-0.1, -0.05) is 60.7 Å². The van der Waals surface area contributed by atoms with Crippen LogP contribution in [0.15, 0.2) is 60.7 Å². The smallest absolute Gasteiger partial charge is 0.116 e. The van der Waals surface area contributed by atoms with E-state index in [1.54, 1.807) is 0 Å². The number of likely N-dealkylation sites (N-methyl/N-ethyl adjacent to an activating group) is 1. The standard InChI is InChI=1S/C19H26NO/c1-19(17-11-7-5-8-12-17,18-13-9-6-10-14-18)21-16-15-20(2,3)4/h5-14H,15-16H2,1-4H3/q+1. The van der Waals surface area contributed by atoms with Crippen LogP contribution in [0.5, 0.6) is 0 Å². The number of rotatable bonds is 6. The minimum atomic E-state index is -0.405. The van der Waals surface area contributed by atoms with Crippen LogP contribution in [0.4, 0.5) is 0 Å². The maximum Gasteiger partial charge on any atom is 0.116 e. The minimum absolute atomic E-state index is 0.405. The maximum atomic E-state index is 6.36. The molecule has 2 nitrogen and oxygen atoms in total. The van der Waals surface area contributed by atoms with E-state index in [9.17, 15) is 0 Å². The lowest BCUT2D eigenvalue weighted by atomic mass is 9.88. The molecule has 0 saturated carbocycles. The summed E-state index contributed by atoms with van der Waals surface area (Å²) < 4.78 is 7.26. The molecule has 0 unspecified atom stereocenters. The van der Waals surface area contributed by atoms with Gasteiger partial charge >= 0.3 is 0 Å². The monoisotopic (exact) mass is 284 g/mol. The molecule has 0 bridgehead atoms. The topological polar surface area (TPSA) is 9.23 Å². The Hall–Kier alpha value is -1.64. The highest BCUT2D eigenvalue weighted by Crippen LogP contribution is 2.33. The summed E-state index contributed by atoms with van der Waals surface area (Å²) in [6, 6.07) is 20.9. The second kappa shape index (κ2) is 6.42. The molecule has 0 spiro atoms. The number of ether oxygens (including phenoxy) is 1. The quantitative estimate of drug-likeness (QED) is 0.735. The second-order valence-corrected chi connectivity index (χ2v) is 6.63. The molecule has 2 heteroatoms. The molecule has 0 aromatic heterocycles. The van der Waals surface area contributed by atoms with Crippen LogP contribution in [-0.4, -0.2) is 38.8 Å². The van der Waals surface area contributed by atoms with Crippen molar-refractivity contribution in [3.63, 3.8) is 0 Å². The van der Waals surface area contributed by atoms with Gasteiger partial charge in [0.25, 0.3) is 0 Å². The lowest BCUT2D eigenvalue weighted by Gasteiger charge is -2.33. The summed E-state index contributed by atoms with van der Waals surface area (Å²) in [6.45, 7) is 3.87. The summed E-state index contributed by atoms with van der Waals surface area (Å²) in [5.74, 6) is 0. The van der Waals surface area contributed by atoms with Crippen LogP contribution in [-0.2, 0) is 10.3 Å². The van der Waals surface area contributed by atoms with E-state index in [-0.39, 0.29) is 0 Å². The first kappa shape index (κ1) is 15.7. The fourth-order valence-corrected chi connectivity index (χ4v) is 2.37. The van der Waals surface area contributed by atoms with Crippen molar-refractivity contribution in [2.75, 3.05) is 34.3 Å². The summed E-state index contributed by atoms with van der Waals surface area (Å²) in [6.07, 6.45) is 0. The van der Waals surface area contributed by atoms with Crippen molar-refractivity contribution in [1.82, 2.24) is 0 Å². The van der Waals surface area contributed by atoms with Crippen molar-refractivity contribution in [3.05, 3.63) is 71.8 Å². The number of benzene rings is 2. The van der Waals surface area contributed by atoms with Gasteiger partial charge in [0, 0.05) is 0 Å². The second-order valence-electron chi connectivity index (χ2n) is 6.63. The molecule has 2 aromatic carbocycles. The highest BCUT2D eigenvalue weighted by atomic mass is 16.5. The van der Waals surface area contributed by atoms with Crippen molar-refractivity contribution >= 4 is 0 Å². The molecule has 21 heavy (non-hydrogen) atoms. The summed E-state index contributed by atoms with van der Waals surface area (Å²) in [5, 5.41) is 0. The molecule has 0 amide bonds. The molecule has 0 fully saturated rings. The molecule has 0 aliphatic heterocycles. The van der Waals surface area contributed by atoms with Crippen LogP contribution in [0.2, 0.25) is 0 Å². The van der Waals surface area contributed by atoms with Gasteiger partial charge in [-0.25, -0.2) is 0 Å². The number of quaternary nitrogens is 1. The van der Waals surface area contributed by atoms with Crippen molar-refractivity contribution < 1.29 is 9.22 Å². The first-order valence-electron chi connectivity index (χ1n) is 7.47. The van der Waals surface area contributed by atoms with Crippen LogP contribution in [0.1, 0.15) is 18.1 Å². The van der Waals surface area contributed by atoms with Crippen LogP contribution in [0.3, 0.4) is 0 Å².